The van der Waals surface area contributed by atoms with Crippen LogP contribution in [0.1, 0.15) is 57.2 Å². The molecule has 1 N–H and O–H groups in total. The number of hydrogen-bond donors (Lipinski definition) is 1. The highest BCUT2D eigenvalue weighted by atomic mass is 19.4. The number of halogens is 3. The lowest BCUT2D eigenvalue weighted by Gasteiger charge is -2.22. The van der Waals surface area contributed by atoms with Crippen LogP contribution in [0.25, 0.3) is 0 Å². The predicted molar refractivity (Wildman–Crippen MR) is 72.0 cm³/mol. The van der Waals surface area contributed by atoms with E-state index in [9.17, 15) is 13.2 Å². The van der Waals surface area contributed by atoms with Crippen LogP contribution in [0.3, 0.4) is 0 Å². The molecule has 19 heavy (non-hydrogen) atoms. The van der Waals surface area contributed by atoms with Crippen molar-refractivity contribution in [3.63, 3.8) is 0 Å². The Morgan fingerprint density at radius 3 is 2.11 bits per heavy atom. The fraction of sp³-hybridized carbons (Fsp3) is 0.600. The van der Waals surface area contributed by atoms with Crippen LogP contribution in [0.4, 0.5) is 13.2 Å². The van der Waals surface area contributed by atoms with Gasteiger partial charge >= 0.3 is 6.18 Å². The zero-order chi connectivity index (χ0) is 14.5. The molecular weight excluding hydrogens is 251 g/mol. The maximum atomic E-state index is 12.5. The fourth-order valence-electron chi connectivity index (χ4n) is 2.16. The second kappa shape index (κ2) is 6.94. The van der Waals surface area contributed by atoms with E-state index in [0.29, 0.717) is 6.04 Å². The Morgan fingerprint density at radius 1 is 1.11 bits per heavy atom. The number of alkyl halides is 3. The summed E-state index contributed by atoms with van der Waals surface area (Å²) in [6, 6.07) is 5.89. The molecule has 0 aliphatic heterocycles. The van der Waals surface area contributed by atoms with Crippen LogP contribution < -0.4 is 5.32 Å². The van der Waals surface area contributed by atoms with E-state index in [4.69, 9.17) is 0 Å². The third-order valence-electron chi connectivity index (χ3n) is 3.35. The van der Waals surface area contributed by atoms with E-state index >= 15 is 0 Å². The van der Waals surface area contributed by atoms with Gasteiger partial charge in [-0.1, -0.05) is 32.4 Å². The SMILES string of the molecule is CCCC(CC)NC(C)c1ccc(C(F)(F)F)cc1. The molecule has 0 heterocycles. The topological polar surface area (TPSA) is 12.0 Å². The Morgan fingerprint density at radius 2 is 1.68 bits per heavy atom. The largest absolute Gasteiger partial charge is 0.416 e. The molecule has 1 aromatic rings. The standard InChI is InChI=1S/C15H22F3N/c1-4-6-14(5-2)19-11(3)12-7-9-13(10-8-12)15(16,17)18/h7-11,14,19H,4-6H2,1-3H3. The molecule has 0 aromatic heterocycles. The molecule has 0 aliphatic carbocycles. The zero-order valence-corrected chi connectivity index (χ0v) is 11.7. The third-order valence-corrected chi connectivity index (χ3v) is 3.35. The van der Waals surface area contributed by atoms with Crippen molar-refractivity contribution < 1.29 is 13.2 Å². The van der Waals surface area contributed by atoms with E-state index in [-0.39, 0.29) is 6.04 Å². The Kier molecular flexibility index (Phi) is 5.85. The van der Waals surface area contributed by atoms with Crippen LogP contribution in [0.5, 0.6) is 0 Å². The van der Waals surface area contributed by atoms with Gasteiger partial charge in [0.15, 0.2) is 0 Å². The number of nitrogens with one attached hydrogen (secondary N) is 1. The van der Waals surface area contributed by atoms with Crippen LogP contribution >= 0.6 is 0 Å². The normalized spacial score (nSPS) is 15.3. The van der Waals surface area contributed by atoms with Crippen molar-refractivity contribution in [2.75, 3.05) is 0 Å². The van der Waals surface area contributed by atoms with Crippen molar-refractivity contribution in [2.45, 2.75) is 58.3 Å². The Labute approximate surface area is 113 Å². The molecule has 108 valence electrons. The van der Waals surface area contributed by atoms with Crippen molar-refractivity contribution in [1.82, 2.24) is 5.32 Å². The molecule has 0 fully saturated rings. The predicted octanol–water partition coefficient (Wildman–Crippen LogP) is 4.93. The van der Waals surface area contributed by atoms with Gasteiger partial charge in [0.05, 0.1) is 5.56 Å². The van der Waals surface area contributed by atoms with Gasteiger partial charge in [0, 0.05) is 12.1 Å². The minimum Gasteiger partial charge on any atom is -0.307 e. The van der Waals surface area contributed by atoms with Gasteiger partial charge in [0.1, 0.15) is 0 Å². The van der Waals surface area contributed by atoms with E-state index in [2.05, 4.69) is 19.2 Å². The van der Waals surface area contributed by atoms with Crippen molar-refractivity contribution in [3.05, 3.63) is 35.4 Å². The maximum absolute atomic E-state index is 12.5. The van der Waals surface area contributed by atoms with Crippen LogP contribution in [0.15, 0.2) is 24.3 Å². The average molecular weight is 273 g/mol. The van der Waals surface area contributed by atoms with Crippen LogP contribution in [-0.2, 0) is 6.18 Å². The van der Waals surface area contributed by atoms with Crippen LogP contribution in [0, 0.1) is 0 Å². The van der Waals surface area contributed by atoms with Crippen molar-refractivity contribution >= 4 is 0 Å². The fourth-order valence-corrected chi connectivity index (χ4v) is 2.16. The highest BCUT2D eigenvalue weighted by molar-refractivity contribution is 5.26. The maximum Gasteiger partial charge on any atom is 0.416 e. The second-order valence-electron chi connectivity index (χ2n) is 4.90. The highest BCUT2D eigenvalue weighted by Crippen LogP contribution is 2.30. The summed E-state index contributed by atoms with van der Waals surface area (Å²) >= 11 is 0. The van der Waals surface area contributed by atoms with Gasteiger partial charge in [-0.3, -0.25) is 0 Å². The molecule has 2 unspecified atom stereocenters. The summed E-state index contributed by atoms with van der Waals surface area (Å²) in [5.74, 6) is 0. The van der Waals surface area contributed by atoms with Gasteiger partial charge in [-0.05, 0) is 37.5 Å². The summed E-state index contributed by atoms with van der Waals surface area (Å²) in [6.07, 6.45) is -1.05. The smallest absolute Gasteiger partial charge is 0.307 e. The third kappa shape index (κ3) is 4.86. The molecule has 0 spiro atoms. The lowest BCUT2D eigenvalue weighted by atomic mass is 10.0. The van der Waals surface area contributed by atoms with E-state index in [1.807, 2.05) is 6.92 Å². The first-order valence-electron chi connectivity index (χ1n) is 6.81. The summed E-state index contributed by atoms with van der Waals surface area (Å²) in [5.41, 5.74) is 0.298. The minimum atomic E-state index is -4.26. The monoisotopic (exact) mass is 273 g/mol. The first-order chi connectivity index (χ1) is 8.88. The van der Waals surface area contributed by atoms with Crippen molar-refractivity contribution in [2.24, 2.45) is 0 Å². The molecule has 0 saturated heterocycles. The highest BCUT2D eigenvalue weighted by Gasteiger charge is 2.30. The molecule has 1 rings (SSSR count). The molecular formula is C15H22F3N. The number of hydrogen-bond acceptors (Lipinski definition) is 1. The lowest BCUT2D eigenvalue weighted by Crippen LogP contribution is -2.30. The molecule has 0 saturated carbocycles. The molecule has 4 heteroatoms. The van der Waals surface area contributed by atoms with Gasteiger partial charge in [-0.15, -0.1) is 0 Å². The average Bonchev–Trinajstić information content (AvgIpc) is 2.37. The van der Waals surface area contributed by atoms with E-state index in [1.54, 1.807) is 12.1 Å². The van der Waals surface area contributed by atoms with Gasteiger partial charge in [0.2, 0.25) is 0 Å². The minimum absolute atomic E-state index is 0.0683. The van der Waals surface area contributed by atoms with Gasteiger partial charge in [-0.25, -0.2) is 0 Å². The summed E-state index contributed by atoms with van der Waals surface area (Å²) in [7, 11) is 0. The summed E-state index contributed by atoms with van der Waals surface area (Å²) in [6.45, 7) is 6.24. The summed E-state index contributed by atoms with van der Waals surface area (Å²) < 4.78 is 37.4. The van der Waals surface area contributed by atoms with Gasteiger partial charge in [-0.2, -0.15) is 13.2 Å². The van der Waals surface area contributed by atoms with E-state index in [0.717, 1.165) is 37.0 Å². The molecule has 1 nitrogen and oxygen atoms in total. The zero-order valence-electron chi connectivity index (χ0n) is 11.7. The van der Waals surface area contributed by atoms with Gasteiger partial charge < -0.3 is 5.32 Å². The van der Waals surface area contributed by atoms with E-state index in [1.165, 1.54) is 0 Å². The molecule has 2 atom stereocenters. The van der Waals surface area contributed by atoms with Gasteiger partial charge in [0.25, 0.3) is 0 Å². The van der Waals surface area contributed by atoms with Crippen molar-refractivity contribution in [3.8, 4) is 0 Å². The van der Waals surface area contributed by atoms with E-state index < -0.39 is 11.7 Å². The van der Waals surface area contributed by atoms with Crippen LogP contribution in [0.2, 0.25) is 0 Å². The number of benzene rings is 1. The molecule has 0 aliphatic rings. The quantitative estimate of drug-likeness (QED) is 0.774. The molecule has 0 amide bonds. The second-order valence-corrected chi connectivity index (χ2v) is 4.90. The molecule has 1 aromatic carbocycles. The summed E-state index contributed by atoms with van der Waals surface area (Å²) in [4.78, 5) is 0. The lowest BCUT2D eigenvalue weighted by molar-refractivity contribution is -0.137. The van der Waals surface area contributed by atoms with Crippen LogP contribution in [-0.4, -0.2) is 6.04 Å². The first-order valence-corrected chi connectivity index (χ1v) is 6.81. The summed E-state index contributed by atoms with van der Waals surface area (Å²) in [5, 5.41) is 3.46. The Hall–Kier alpha value is -1.03. The number of rotatable bonds is 6. The first kappa shape index (κ1) is 16.0. The van der Waals surface area contributed by atoms with Crippen molar-refractivity contribution in [1.29, 1.82) is 0 Å². The Bertz CT molecular complexity index is 370. The Balaban J connectivity index is 2.69. The molecule has 0 bridgehead atoms. The molecule has 0 radical (unpaired) electrons.